The summed E-state index contributed by atoms with van der Waals surface area (Å²) in [4.78, 5) is 0. The van der Waals surface area contributed by atoms with Crippen LogP contribution in [-0.4, -0.2) is 41.8 Å². The number of aliphatic hydroxyl groups is 1. The molecule has 162 valence electrons. The molecule has 0 fully saturated rings. The van der Waals surface area contributed by atoms with Crippen molar-refractivity contribution in [2.24, 2.45) is 0 Å². The summed E-state index contributed by atoms with van der Waals surface area (Å²) in [5.41, 5.74) is 0. The van der Waals surface area contributed by atoms with Crippen LogP contribution in [0, 0.1) is 0 Å². The van der Waals surface area contributed by atoms with Crippen LogP contribution in [0.2, 0.25) is 0 Å². The van der Waals surface area contributed by atoms with Gasteiger partial charge in [0.05, 0.1) is 6.61 Å². The van der Waals surface area contributed by atoms with Gasteiger partial charge < -0.3 is 17.5 Å². The van der Waals surface area contributed by atoms with E-state index in [9.17, 15) is 0 Å². The van der Waals surface area contributed by atoms with Gasteiger partial charge in [0.2, 0.25) is 5.84 Å². The number of hydrogen-bond acceptors (Lipinski definition) is 2. The van der Waals surface area contributed by atoms with Gasteiger partial charge in [0.25, 0.3) is 0 Å². The van der Waals surface area contributed by atoms with Gasteiger partial charge in [0.15, 0.2) is 0 Å². The number of halogens is 1. The summed E-state index contributed by atoms with van der Waals surface area (Å²) in [5.74, 6) is 1.37. The lowest BCUT2D eigenvalue weighted by Gasteiger charge is -2.04. The molecule has 0 aromatic heterocycles. The van der Waals surface area contributed by atoms with Crippen LogP contribution >= 0.6 is 0 Å². The van der Waals surface area contributed by atoms with Crippen molar-refractivity contribution in [3.05, 3.63) is 0 Å². The van der Waals surface area contributed by atoms with Gasteiger partial charge in [0.1, 0.15) is 19.6 Å². The Balaban J connectivity index is 0.00000676. The summed E-state index contributed by atoms with van der Waals surface area (Å²) >= 11 is 0. The third kappa shape index (κ3) is 15.3. The van der Waals surface area contributed by atoms with Crippen molar-refractivity contribution < 1.29 is 22.1 Å². The lowest BCUT2D eigenvalue weighted by molar-refractivity contribution is -0.521. The van der Waals surface area contributed by atoms with Gasteiger partial charge in [-0.25, -0.2) is 0 Å². The first kappa shape index (κ1) is 26.7. The Hall–Kier alpha value is -0.280. The molecule has 1 aliphatic heterocycles. The summed E-state index contributed by atoms with van der Waals surface area (Å²) < 4.78 is 2.31. The summed E-state index contributed by atoms with van der Waals surface area (Å²) in [5, 5.41) is 12.5. The summed E-state index contributed by atoms with van der Waals surface area (Å²) in [6.45, 7) is 5.47. The van der Waals surface area contributed by atoms with Gasteiger partial charge in [-0.05, 0) is 6.42 Å². The molecule has 3 nitrogen and oxygen atoms in total. The number of rotatable bonds is 19. The van der Waals surface area contributed by atoms with E-state index in [-0.39, 0.29) is 19.0 Å². The van der Waals surface area contributed by atoms with E-state index in [2.05, 4.69) is 16.8 Å². The highest BCUT2D eigenvalue weighted by molar-refractivity contribution is 5.78. The topological polar surface area (TPSA) is 35.3 Å². The van der Waals surface area contributed by atoms with Gasteiger partial charge >= 0.3 is 0 Å². The van der Waals surface area contributed by atoms with Crippen LogP contribution in [-0.2, 0) is 0 Å². The van der Waals surface area contributed by atoms with Crippen LogP contribution < -0.4 is 17.7 Å². The molecule has 1 rings (SSSR count). The number of unbranched alkanes of at least 4 members (excludes halogenated alkanes) is 15. The minimum atomic E-state index is 0. The third-order valence-electron chi connectivity index (χ3n) is 5.73. The van der Waals surface area contributed by atoms with Crippen LogP contribution in [0.3, 0.4) is 0 Å². The molecule has 0 bridgehead atoms. The van der Waals surface area contributed by atoms with Crippen molar-refractivity contribution >= 4 is 5.84 Å². The molecule has 0 radical (unpaired) electrons. The molecule has 0 saturated carbocycles. The summed E-state index contributed by atoms with van der Waals surface area (Å²) in [6.07, 6.45) is 24.0. The number of β-amino-alcohol motifs (C(OH)–C–C–N with tert-alkyl or cyclic N) is 1. The zero-order valence-electron chi connectivity index (χ0n) is 18.1. The molecule has 1 heterocycles. The highest BCUT2D eigenvalue weighted by atomic mass is 35.5. The Labute approximate surface area is 175 Å². The van der Waals surface area contributed by atoms with E-state index in [4.69, 9.17) is 5.11 Å². The summed E-state index contributed by atoms with van der Waals surface area (Å²) in [6, 6.07) is 0. The first-order valence-electron chi connectivity index (χ1n) is 11.8. The van der Waals surface area contributed by atoms with E-state index in [1.54, 1.807) is 0 Å². The van der Waals surface area contributed by atoms with E-state index < -0.39 is 0 Å². The molecule has 0 amide bonds. The first-order chi connectivity index (χ1) is 12.9. The number of nitrogens with zero attached hydrogens (tertiary/aromatic N) is 1. The van der Waals surface area contributed by atoms with Gasteiger partial charge in [0, 0.05) is 6.42 Å². The Morgan fingerprint density at radius 2 is 1.19 bits per heavy atom. The molecule has 0 aromatic carbocycles. The van der Waals surface area contributed by atoms with Crippen molar-refractivity contribution in [1.82, 2.24) is 5.32 Å². The number of aliphatic hydroxyl groups excluding tert-OH is 1. The second kappa shape index (κ2) is 20.5. The Morgan fingerprint density at radius 3 is 1.63 bits per heavy atom. The molecular weight excluding hydrogens is 356 g/mol. The van der Waals surface area contributed by atoms with Crippen molar-refractivity contribution in [2.75, 3.05) is 26.2 Å². The number of nitrogens with one attached hydrogen (secondary N) is 1. The molecule has 0 saturated heterocycles. The van der Waals surface area contributed by atoms with E-state index in [0.717, 1.165) is 19.6 Å². The molecule has 1 aliphatic rings. The van der Waals surface area contributed by atoms with E-state index in [1.807, 2.05) is 0 Å². The maximum absolute atomic E-state index is 9.07. The lowest BCUT2D eigenvalue weighted by Crippen LogP contribution is -3.00. The SMILES string of the molecule is CCCCCCCCCCCCCCCCCCC1=[N+](CCO)CCN1.[Cl-]. The van der Waals surface area contributed by atoms with Crippen molar-refractivity contribution in [2.45, 2.75) is 116 Å². The smallest absolute Gasteiger partial charge is 0.245 e. The van der Waals surface area contributed by atoms with Crippen molar-refractivity contribution in [3.63, 3.8) is 0 Å². The van der Waals surface area contributed by atoms with Crippen LogP contribution in [0.5, 0.6) is 0 Å². The largest absolute Gasteiger partial charge is 1.00 e. The van der Waals surface area contributed by atoms with Crippen LogP contribution in [0.1, 0.15) is 116 Å². The van der Waals surface area contributed by atoms with Crippen molar-refractivity contribution in [3.8, 4) is 0 Å². The number of amidine groups is 1. The molecular formula is C23H47ClN2O. The lowest BCUT2D eigenvalue weighted by atomic mass is 10.0. The zero-order valence-corrected chi connectivity index (χ0v) is 18.9. The predicted molar refractivity (Wildman–Crippen MR) is 114 cm³/mol. The second-order valence-corrected chi connectivity index (χ2v) is 8.14. The Morgan fingerprint density at radius 1 is 0.741 bits per heavy atom. The fourth-order valence-corrected chi connectivity index (χ4v) is 4.04. The average Bonchev–Trinajstić information content (AvgIpc) is 3.09. The van der Waals surface area contributed by atoms with Gasteiger partial charge in [-0.15, -0.1) is 0 Å². The third-order valence-corrected chi connectivity index (χ3v) is 5.73. The van der Waals surface area contributed by atoms with E-state index >= 15 is 0 Å². The average molecular weight is 403 g/mol. The van der Waals surface area contributed by atoms with Crippen LogP contribution in [0.15, 0.2) is 0 Å². The predicted octanol–water partition coefficient (Wildman–Crippen LogP) is 2.65. The minimum absolute atomic E-state index is 0. The molecule has 0 unspecified atom stereocenters. The number of hydrogen-bond donors (Lipinski definition) is 2. The van der Waals surface area contributed by atoms with Gasteiger partial charge in [-0.2, -0.15) is 0 Å². The quantitative estimate of drug-likeness (QED) is 0.257. The molecule has 4 heteroatoms. The molecule has 0 aromatic rings. The molecule has 0 atom stereocenters. The molecule has 2 N–H and O–H groups in total. The maximum atomic E-state index is 9.07. The van der Waals surface area contributed by atoms with Crippen molar-refractivity contribution in [1.29, 1.82) is 0 Å². The monoisotopic (exact) mass is 402 g/mol. The first-order valence-corrected chi connectivity index (χ1v) is 11.8. The van der Waals surface area contributed by atoms with E-state index in [1.165, 1.54) is 115 Å². The molecule has 0 spiro atoms. The van der Waals surface area contributed by atoms with Gasteiger partial charge in [-0.1, -0.05) is 103 Å². The summed E-state index contributed by atoms with van der Waals surface area (Å²) in [7, 11) is 0. The standard InChI is InChI=1S/C23H46N2O.ClH/c1-2-3-4-5-6-7-8-9-10-11-12-13-14-15-16-17-18-23-24-19-20-25(23)21-22-26;/h26H,2-22H2,1H3;1H. The fraction of sp³-hybridized carbons (Fsp3) is 0.957. The second-order valence-electron chi connectivity index (χ2n) is 8.14. The van der Waals surface area contributed by atoms with Gasteiger partial charge in [-0.3, -0.25) is 9.89 Å². The van der Waals surface area contributed by atoms with Crippen LogP contribution in [0.4, 0.5) is 0 Å². The molecule has 27 heavy (non-hydrogen) atoms. The molecule has 0 aliphatic carbocycles. The highest BCUT2D eigenvalue weighted by Gasteiger charge is 2.19. The Kier molecular flexibility index (Phi) is 20.2. The highest BCUT2D eigenvalue weighted by Crippen LogP contribution is 2.14. The normalized spacial score (nSPS) is 13.7. The van der Waals surface area contributed by atoms with E-state index in [0.29, 0.717) is 0 Å². The maximum Gasteiger partial charge on any atom is 0.245 e. The Bertz CT molecular complexity index is 347. The minimum Gasteiger partial charge on any atom is -1.00 e. The zero-order chi connectivity index (χ0) is 18.7. The van der Waals surface area contributed by atoms with Crippen LogP contribution in [0.25, 0.3) is 0 Å². The fourth-order valence-electron chi connectivity index (χ4n) is 4.04.